The Balaban J connectivity index is 0.704. The summed E-state index contributed by atoms with van der Waals surface area (Å²) in [5.74, 6) is -2.71. The first kappa shape index (κ1) is 58.7. The maximum Gasteiger partial charge on any atom is 0.258 e. The second kappa shape index (κ2) is 26.7. The van der Waals surface area contributed by atoms with Gasteiger partial charge in [-0.2, -0.15) is 5.10 Å². The van der Waals surface area contributed by atoms with Gasteiger partial charge in [0.15, 0.2) is 11.6 Å². The standard InChI is InChI=1S/C61H73F2N9O8S/c1-38-57(81-37-65-38)42-9-5-39(6-10-42)8-14-55(75)54-34-48(74)35-72(54)60(78)51(61(2,3)4)33-47(73)17-25-80-26-18-64-56(76)36-70-19-21-71(22-20-70)46-11-12-49(53(32-46)66-45-15-23-79-24-16-45)59(77)67-58-50-30-40(7-13-52(50)68-69-58)27-41-28-43(62)31-44(63)29-41/h5-7,9-13,28-32,37,45,48,51,54,66,74H,8,14-27,33-36H2,1-4H3,(H,64,76)(H2,67,68,69,77)/t48-,51-,54+/m1/s1. The first-order chi connectivity index (χ1) is 38.9. The summed E-state index contributed by atoms with van der Waals surface area (Å²) in [7, 11) is 0. The summed E-state index contributed by atoms with van der Waals surface area (Å²) in [5, 5.41) is 28.2. The van der Waals surface area contributed by atoms with E-state index in [1.165, 1.54) is 17.0 Å². The Morgan fingerprint density at radius 1 is 0.889 bits per heavy atom. The van der Waals surface area contributed by atoms with Crippen LogP contribution in [0.25, 0.3) is 21.3 Å². The topological polar surface area (TPSA) is 211 Å². The van der Waals surface area contributed by atoms with E-state index in [-0.39, 0.29) is 100 Å². The Morgan fingerprint density at radius 3 is 2.35 bits per heavy atom. The van der Waals surface area contributed by atoms with E-state index in [0.29, 0.717) is 79.3 Å². The molecule has 0 spiro atoms. The van der Waals surface area contributed by atoms with E-state index in [1.807, 2.05) is 93.9 Å². The summed E-state index contributed by atoms with van der Waals surface area (Å²) >= 11 is 1.58. The van der Waals surface area contributed by atoms with Crippen molar-refractivity contribution in [1.82, 2.24) is 30.3 Å². The Morgan fingerprint density at radius 2 is 1.63 bits per heavy atom. The van der Waals surface area contributed by atoms with Crippen molar-refractivity contribution in [3.8, 4) is 10.4 Å². The number of carbonyl (C=O) groups is 5. The number of benzene rings is 4. The number of halogens is 2. The molecule has 5 N–H and O–H groups in total. The maximum absolute atomic E-state index is 14.2. The van der Waals surface area contributed by atoms with Gasteiger partial charge in [0.2, 0.25) is 11.8 Å². The van der Waals surface area contributed by atoms with Gasteiger partial charge in [0.25, 0.3) is 5.91 Å². The number of anilines is 3. The van der Waals surface area contributed by atoms with E-state index in [1.54, 1.807) is 11.3 Å². The highest BCUT2D eigenvalue weighted by atomic mass is 32.1. The van der Waals surface area contributed by atoms with Gasteiger partial charge in [0.05, 0.1) is 59.1 Å². The molecular formula is C61H73F2N9O8S. The number of hydrogen-bond acceptors (Lipinski definition) is 14. The lowest BCUT2D eigenvalue weighted by Gasteiger charge is -2.36. The Bertz CT molecular complexity index is 3160. The first-order valence-electron chi connectivity index (χ1n) is 28.0. The average molecular weight is 1130 g/mol. The molecule has 0 bridgehead atoms. The van der Waals surface area contributed by atoms with Crippen molar-refractivity contribution in [2.24, 2.45) is 11.3 Å². The van der Waals surface area contributed by atoms with E-state index in [2.05, 4.69) is 40.9 Å². The van der Waals surface area contributed by atoms with Gasteiger partial charge in [-0.1, -0.05) is 51.1 Å². The van der Waals surface area contributed by atoms with Crippen molar-refractivity contribution in [1.29, 1.82) is 0 Å². The van der Waals surface area contributed by atoms with Crippen LogP contribution >= 0.6 is 11.3 Å². The van der Waals surface area contributed by atoms with Gasteiger partial charge >= 0.3 is 0 Å². The summed E-state index contributed by atoms with van der Waals surface area (Å²) in [6.45, 7) is 12.4. The number of fused-ring (bicyclic) bond motifs is 1. The highest BCUT2D eigenvalue weighted by Crippen LogP contribution is 2.35. The molecule has 9 rings (SSSR count). The number of thiazole rings is 1. The molecule has 3 saturated heterocycles. The summed E-state index contributed by atoms with van der Waals surface area (Å²) < 4.78 is 39.2. The van der Waals surface area contributed by atoms with Crippen LogP contribution in [-0.2, 0) is 41.5 Å². The van der Waals surface area contributed by atoms with E-state index in [4.69, 9.17) is 9.47 Å². The lowest BCUT2D eigenvalue weighted by Crippen LogP contribution is -2.49. The number of H-pyrrole nitrogens is 1. The lowest BCUT2D eigenvalue weighted by atomic mass is 9.76. The zero-order valence-electron chi connectivity index (χ0n) is 46.5. The zero-order chi connectivity index (χ0) is 57.2. The molecule has 5 heterocycles. The number of nitrogens with zero attached hydrogens (tertiary/aromatic N) is 5. The van der Waals surface area contributed by atoms with Gasteiger partial charge in [-0.3, -0.25) is 34.0 Å². The van der Waals surface area contributed by atoms with Crippen molar-refractivity contribution in [3.05, 3.63) is 124 Å². The third-order valence-corrected chi connectivity index (χ3v) is 16.5. The minimum absolute atomic E-state index is 0.0215. The van der Waals surface area contributed by atoms with Gasteiger partial charge in [0, 0.05) is 113 Å². The summed E-state index contributed by atoms with van der Waals surface area (Å²) in [4.78, 5) is 79.5. The van der Waals surface area contributed by atoms with E-state index in [0.717, 1.165) is 51.9 Å². The van der Waals surface area contributed by atoms with E-state index < -0.39 is 35.1 Å². The van der Waals surface area contributed by atoms with Crippen LogP contribution in [0.5, 0.6) is 0 Å². The quantitative estimate of drug-likeness (QED) is 0.0384. The number of aliphatic hydroxyl groups is 1. The zero-order valence-corrected chi connectivity index (χ0v) is 47.3. The normalized spacial score (nSPS) is 17.6. The van der Waals surface area contributed by atoms with Gasteiger partial charge < -0.3 is 40.3 Å². The largest absolute Gasteiger partial charge is 0.391 e. The molecule has 0 aliphatic carbocycles. The SMILES string of the molecule is Cc1ncsc1-c1ccc(CCC(=O)[C@@H]2C[C@@H](O)CN2C(=O)[C@@H](CC(=O)CCOCCNC(=O)CN2CCN(c3ccc(C(=O)Nc4n[nH]c5ccc(Cc6cc(F)cc(F)c6)cc45)c(NC4CCOCC4)c3)CC2)C(C)(C)C)cc1. The van der Waals surface area contributed by atoms with Crippen LogP contribution < -0.4 is 20.9 Å². The lowest BCUT2D eigenvalue weighted by molar-refractivity contribution is -0.146. The van der Waals surface area contributed by atoms with Crippen molar-refractivity contribution in [3.63, 3.8) is 0 Å². The van der Waals surface area contributed by atoms with Crippen LogP contribution in [0.4, 0.5) is 26.0 Å². The van der Waals surface area contributed by atoms with Gasteiger partial charge in [-0.25, -0.2) is 13.8 Å². The number of hydrogen-bond donors (Lipinski definition) is 5. The number of likely N-dealkylation sites (tertiary alicyclic amines) is 1. The predicted molar refractivity (Wildman–Crippen MR) is 309 cm³/mol. The van der Waals surface area contributed by atoms with E-state index in [9.17, 15) is 37.9 Å². The molecule has 17 nitrogen and oxygen atoms in total. The molecule has 6 aromatic rings. The number of piperazine rings is 1. The Hall–Kier alpha value is -6.97. The second-order valence-corrected chi connectivity index (χ2v) is 23.4. The molecule has 0 saturated carbocycles. The second-order valence-electron chi connectivity index (χ2n) is 22.6. The number of β-amino-alcohol motifs (C(OH)–C–C–N with tert-alkyl or cyclic N) is 1. The highest BCUT2D eigenvalue weighted by Gasteiger charge is 2.44. The van der Waals surface area contributed by atoms with Crippen LogP contribution in [0.2, 0.25) is 0 Å². The molecular weight excluding hydrogens is 1060 g/mol. The number of ketones is 2. The third kappa shape index (κ3) is 15.5. The number of rotatable bonds is 23. The Kier molecular flexibility index (Phi) is 19.4. The number of aryl methyl sites for hydroxylation is 2. The molecule has 3 fully saturated rings. The monoisotopic (exact) mass is 1130 g/mol. The highest BCUT2D eigenvalue weighted by molar-refractivity contribution is 7.13. The fourth-order valence-corrected chi connectivity index (χ4v) is 11.8. The van der Waals surface area contributed by atoms with Gasteiger partial charge in [-0.05, 0) is 103 Å². The molecule has 0 unspecified atom stereocenters. The molecule has 3 aliphatic heterocycles. The van der Waals surface area contributed by atoms with Crippen molar-refractivity contribution >= 4 is 68.7 Å². The summed E-state index contributed by atoms with van der Waals surface area (Å²) in [6, 6.07) is 22.1. The Labute approximate surface area is 475 Å². The smallest absolute Gasteiger partial charge is 0.258 e. The number of ether oxygens (including phenoxy) is 2. The minimum atomic E-state index is -0.826. The molecule has 4 aromatic carbocycles. The summed E-state index contributed by atoms with van der Waals surface area (Å²) in [5.41, 5.74) is 8.31. The molecule has 20 heteroatoms. The van der Waals surface area contributed by atoms with Crippen LogP contribution in [0.15, 0.2) is 84.4 Å². The number of nitrogens with one attached hydrogen (secondary N) is 4. The van der Waals surface area contributed by atoms with Crippen molar-refractivity contribution in [2.75, 3.05) is 87.8 Å². The van der Waals surface area contributed by atoms with Crippen molar-refractivity contribution < 1.29 is 47.3 Å². The van der Waals surface area contributed by atoms with Gasteiger partial charge in [0.1, 0.15) is 17.4 Å². The fourth-order valence-electron chi connectivity index (χ4n) is 11.0. The molecule has 3 aliphatic rings. The van der Waals surface area contributed by atoms with E-state index >= 15 is 0 Å². The number of amides is 3. The fraction of sp³-hybridized carbons (Fsp3) is 0.459. The predicted octanol–water partition coefficient (Wildman–Crippen LogP) is 8.14. The number of carbonyl (C=O) groups excluding carboxylic acids is 5. The number of aromatic nitrogens is 3. The first-order valence-corrected chi connectivity index (χ1v) is 28.9. The van der Waals surface area contributed by atoms with Gasteiger partial charge in [-0.15, -0.1) is 11.3 Å². The maximum atomic E-state index is 14.2. The molecule has 3 atom stereocenters. The third-order valence-electron chi connectivity index (χ3n) is 15.5. The average Bonchev–Trinajstić information content (AvgIpc) is 4.30. The number of Topliss-reactive ketones (excluding diaryl/α,β-unsaturated/α-hetero) is 2. The molecule has 430 valence electrons. The summed E-state index contributed by atoms with van der Waals surface area (Å²) in [6.07, 6.45) is 2.00. The number of aliphatic hydroxyl groups excluding tert-OH is 1. The minimum Gasteiger partial charge on any atom is -0.391 e. The number of aromatic amines is 1. The van der Waals surface area contributed by atoms with Crippen LogP contribution in [0.1, 0.15) is 92.0 Å². The molecule has 2 aromatic heterocycles. The van der Waals surface area contributed by atoms with Crippen molar-refractivity contribution in [2.45, 2.75) is 97.2 Å². The van der Waals surface area contributed by atoms with Crippen LogP contribution in [-0.4, -0.2) is 150 Å². The van der Waals surface area contributed by atoms with Crippen LogP contribution in [0, 0.1) is 29.9 Å². The molecule has 81 heavy (non-hydrogen) atoms. The molecule has 0 radical (unpaired) electrons. The van der Waals surface area contributed by atoms with Crippen LogP contribution in [0.3, 0.4) is 0 Å². The molecule has 3 amide bonds.